The molecule has 2 atom stereocenters. The Balaban J connectivity index is 4.42. The zero-order chi connectivity index (χ0) is 43.5. The van der Waals surface area contributed by atoms with Gasteiger partial charge >= 0.3 is 17.9 Å². The molecule has 0 aliphatic heterocycles. The second-order valence-corrected chi connectivity index (χ2v) is 15.6. The molecule has 0 aromatic carbocycles. The molecule has 0 saturated heterocycles. The predicted octanol–water partition coefficient (Wildman–Crippen LogP) is 12.5. The summed E-state index contributed by atoms with van der Waals surface area (Å²) < 4.78 is 17.2. The number of hydrogen-bond acceptors (Lipinski definition) is 6. The van der Waals surface area contributed by atoms with E-state index in [9.17, 15) is 19.5 Å². The van der Waals surface area contributed by atoms with Crippen molar-refractivity contribution in [2.45, 2.75) is 154 Å². The zero-order valence-corrected chi connectivity index (χ0v) is 37.7. The van der Waals surface area contributed by atoms with Crippen molar-refractivity contribution in [2.24, 2.45) is 0 Å². The van der Waals surface area contributed by atoms with Gasteiger partial charge in [-0.05, 0) is 83.5 Å². The Labute approximate surface area is 359 Å². The minimum absolute atomic E-state index is 0.0338. The molecule has 0 saturated carbocycles. The van der Waals surface area contributed by atoms with Gasteiger partial charge in [0.25, 0.3) is 0 Å². The second kappa shape index (κ2) is 40.8. The number of quaternary nitrogens is 1. The molecular formula is C51H82NO7+. The number of hydrogen-bond donors (Lipinski definition) is 1. The Morgan fingerprint density at radius 1 is 0.525 bits per heavy atom. The van der Waals surface area contributed by atoms with Crippen molar-refractivity contribution in [3.63, 3.8) is 0 Å². The van der Waals surface area contributed by atoms with E-state index >= 15 is 0 Å². The van der Waals surface area contributed by atoms with E-state index in [0.29, 0.717) is 19.3 Å². The molecule has 0 aromatic rings. The normalized spacial score (nSPS) is 14.0. The molecule has 0 aliphatic carbocycles. The predicted molar refractivity (Wildman–Crippen MR) is 247 cm³/mol. The summed E-state index contributed by atoms with van der Waals surface area (Å²) in [5, 5.41) is 9.62. The van der Waals surface area contributed by atoms with Gasteiger partial charge < -0.3 is 23.8 Å². The van der Waals surface area contributed by atoms with E-state index in [-0.39, 0.29) is 36.2 Å². The third kappa shape index (κ3) is 39.2. The van der Waals surface area contributed by atoms with Gasteiger partial charge in [-0.15, -0.1) is 0 Å². The van der Waals surface area contributed by atoms with Gasteiger partial charge in [-0.2, -0.15) is 0 Å². The lowest BCUT2D eigenvalue weighted by Gasteiger charge is -2.31. The number of nitrogens with zero attached hydrogens (tertiary/aromatic N) is 1. The first kappa shape index (κ1) is 55.0. The quantitative estimate of drug-likeness (QED) is 0.0218. The van der Waals surface area contributed by atoms with Gasteiger partial charge in [-0.25, -0.2) is 4.79 Å². The average Bonchev–Trinajstić information content (AvgIpc) is 3.19. The minimum atomic E-state index is -0.889. The smallest absolute Gasteiger partial charge is 0.362 e. The summed E-state index contributed by atoms with van der Waals surface area (Å²) >= 11 is 0. The summed E-state index contributed by atoms with van der Waals surface area (Å²) in [5.74, 6) is -1.56. The average molecular weight is 821 g/mol. The topological polar surface area (TPSA) is 99.1 Å². The number of carboxylic acids is 1. The van der Waals surface area contributed by atoms with Crippen LogP contribution in [0.25, 0.3) is 0 Å². The molecule has 0 fully saturated rings. The van der Waals surface area contributed by atoms with Gasteiger partial charge in [-0.1, -0.05) is 149 Å². The lowest BCUT2D eigenvalue weighted by atomic mass is 10.1. The molecular weight excluding hydrogens is 739 g/mol. The Kier molecular flexibility index (Phi) is 38.0. The molecule has 0 aromatic heterocycles. The molecule has 0 amide bonds. The van der Waals surface area contributed by atoms with Crippen LogP contribution in [0, 0.1) is 0 Å². The summed E-state index contributed by atoms with van der Waals surface area (Å²) in [6, 6.07) is -0.631. The van der Waals surface area contributed by atoms with E-state index in [0.717, 1.165) is 109 Å². The van der Waals surface area contributed by atoms with Crippen molar-refractivity contribution in [3.8, 4) is 0 Å². The van der Waals surface area contributed by atoms with Gasteiger partial charge in [-0.3, -0.25) is 9.59 Å². The highest BCUT2D eigenvalue weighted by Gasteiger charge is 2.31. The number of likely N-dealkylation sites (N-methyl/N-ethyl adjacent to an activating group) is 1. The van der Waals surface area contributed by atoms with Crippen LogP contribution in [-0.4, -0.2) is 80.6 Å². The lowest BCUT2D eigenvalue weighted by Crippen LogP contribution is -2.50. The number of aliphatic carboxylic acids is 1. The first-order valence-corrected chi connectivity index (χ1v) is 22.5. The van der Waals surface area contributed by atoms with Crippen molar-refractivity contribution < 1.29 is 38.2 Å². The summed E-state index contributed by atoms with van der Waals surface area (Å²) in [4.78, 5) is 37.0. The van der Waals surface area contributed by atoms with E-state index in [1.807, 2.05) is 33.3 Å². The maximum Gasteiger partial charge on any atom is 0.362 e. The highest BCUT2D eigenvalue weighted by atomic mass is 16.6. The van der Waals surface area contributed by atoms with Crippen molar-refractivity contribution in [3.05, 3.63) is 109 Å². The minimum Gasteiger partial charge on any atom is -0.477 e. The molecule has 0 rings (SSSR count). The third-order valence-corrected chi connectivity index (χ3v) is 9.23. The molecule has 2 unspecified atom stereocenters. The molecule has 1 N–H and O–H groups in total. The number of carboxylic acid groups (broad SMARTS) is 1. The molecule has 0 heterocycles. The molecule has 0 spiro atoms. The summed E-state index contributed by atoms with van der Waals surface area (Å²) in [5.41, 5.74) is 0. The third-order valence-electron chi connectivity index (χ3n) is 9.23. The van der Waals surface area contributed by atoms with Crippen molar-refractivity contribution in [1.82, 2.24) is 0 Å². The SMILES string of the molecule is CC/C=C/C=C/C=C/CCCCCCCC(=O)OC(COCCC(C(=O)O)[N+](C)(C)C)COC(=O)CCCCC/C=C/C/C=C/C/C=C/C/C=C/C/C=C/C/C=C/CC. The van der Waals surface area contributed by atoms with Gasteiger partial charge in [0.15, 0.2) is 12.1 Å². The van der Waals surface area contributed by atoms with E-state index < -0.39 is 18.1 Å². The van der Waals surface area contributed by atoms with Crippen molar-refractivity contribution in [2.75, 3.05) is 41.0 Å². The van der Waals surface area contributed by atoms with Crippen LogP contribution in [0.3, 0.4) is 0 Å². The number of unbranched alkanes of at least 4 members (excludes halogenated alkanes) is 8. The van der Waals surface area contributed by atoms with Crippen LogP contribution in [0.1, 0.15) is 142 Å². The molecule has 8 heteroatoms. The number of rotatable bonds is 38. The standard InChI is InChI=1S/C51H81NO7/c1-6-8-10-12-14-16-18-20-21-22-23-24-25-26-27-28-30-31-33-35-37-39-41-49(53)58-46-47(45-57-44-43-48(51(55)56)52(3,4)5)59-50(54)42-40-38-36-34-32-29-19-17-15-13-11-9-7-2/h8-11,13-17,19-21,23-24,26-27,30-31,47-48H,6-7,12,18,22,25,28-29,32-46H2,1-5H3/p+1/b10-8+,11-9+,15-13+,16-14+,19-17+,21-20+,24-23+,27-26+,31-30+. The van der Waals surface area contributed by atoms with Gasteiger partial charge in [0.05, 0.1) is 34.4 Å². The Hall–Kier alpha value is -4.01. The highest BCUT2D eigenvalue weighted by molar-refractivity contribution is 5.72. The van der Waals surface area contributed by atoms with Crippen LogP contribution >= 0.6 is 0 Å². The fourth-order valence-corrected chi connectivity index (χ4v) is 5.80. The Bertz CT molecular complexity index is 1330. The number of carbonyl (C=O) groups excluding carboxylic acids is 2. The van der Waals surface area contributed by atoms with Gasteiger partial charge in [0.1, 0.15) is 6.61 Å². The molecule has 332 valence electrons. The van der Waals surface area contributed by atoms with E-state index in [1.165, 1.54) is 0 Å². The van der Waals surface area contributed by atoms with Crippen LogP contribution in [0.2, 0.25) is 0 Å². The summed E-state index contributed by atoms with van der Waals surface area (Å²) in [6.45, 7) is 4.40. The molecule has 59 heavy (non-hydrogen) atoms. The number of allylic oxidation sites excluding steroid dienone is 18. The Morgan fingerprint density at radius 3 is 1.53 bits per heavy atom. The zero-order valence-electron chi connectivity index (χ0n) is 37.7. The molecule has 0 radical (unpaired) electrons. The number of ether oxygens (including phenoxy) is 3. The van der Waals surface area contributed by atoms with Gasteiger partial charge in [0, 0.05) is 19.3 Å². The second-order valence-electron chi connectivity index (χ2n) is 15.6. The van der Waals surface area contributed by atoms with E-state index in [1.54, 1.807) is 0 Å². The summed E-state index contributed by atoms with van der Waals surface area (Å²) in [7, 11) is 5.49. The van der Waals surface area contributed by atoms with E-state index in [2.05, 4.69) is 111 Å². The van der Waals surface area contributed by atoms with Crippen LogP contribution in [0.15, 0.2) is 109 Å². The maximum atomic E-state index is 12.7. The number of carbonyl (C=O) groups is 3. The van der Waals surface area contributed by atoms with Crippen LogP contribution in [0.5, 0.6) is 0 Å². The van der Waals surface area contributed by atoms with E-state index in [4.69, 9.17) is 14.2 Å². The maximum absolute atomic E-state index is 12.7. The van der Waals surface area contributed by atoms with Crippen LogP contribution < -0.4 is 0 Å². The van der Waals surface area contributed by atoms with Crippen LogP contribution in [0.4, 0.5) is 0 Å². The van der Waals surface area contributed by atoms with Crippen molar-refractivity contribution >= 4 is 17.9 Å². The fourth-order valence-electron chi connectivity index (χ4n) is 5.80. The summed E-state index contributed by atoms with van der Waals surface area (Å²) in [6.07, 6.45) is 55.6. The largest absolute Gasteiger partial charge is 0.477 e. The highest BCUT2D eigenvalue weighted by Crippen LogP contribution is 2.12. The lowest BCUT2D eigenvalue weighted by molar-refractivity contribution is -0.887. The number of esters is 2. The molecule has 0 bridgehead atoms. The van der Waals surface area contributed by atoms with Gasteiger partial charge in [0.2, 0.25) is 0 Å². The monoisotopic (exact) mass is 821 g/mol. The Morgan fingerprint density at radius 2 is 0.983 bits per heavy atom. The fraction of sp³-hybridized carbons (Fsp3) is 0.588. The van der Waals surface area contributed by atoms with Crippen LogP contribution in [-0.2, 0) is 28.6 Å². The van der Waals surface area contributed by atoms with Crippen molar-refractivity contribution in [1.29, 1.82) is 0 Å². The first-order valence-electron chi connectivity index (χ1n) is 22.5. The first-order chi connectivity index (χ1) is 28.6. The molecule has 8 nitrogen and oxygen atoms in total. The molecule has 0 aliphatic rings.